The summed E-state index contributed by atoms with van der Waals surface area (Å²) in [5.74, 6) is 0.0810. The number of ether oxygens (including phenoxy) is 1. The Morgan fingerprint density at radius 3 is 2.89 bits per heavy atom. The molecular formula is C14H17N3OS. The maximum absolute atomic E-state index is 7.51. The highest BCUT2D eigenvalue weighted by atomic mass is 32.1. The predicted molar refractivity (Wildman–Crippen MR) is 77.7 cm³/mol. The van der Waals surface area contributed by atoms with Gasteiger partial charge in [0, 0.05) is 16.9 Å². The highest BCUT2D eigenvalue weighted by Gasteiger charge is 2.05. The minimum atomic E-state index is 0.0810. The number of nitrogens with one attached hydrogen (secondary N) is 1. The maximum Gasteiger partial charge on any atom is 0.123 e. The van der Waals surface area contributed by atoms with Crippen molar-refractivity contribution < 1.29 is 4.74 Å². The number of rotatable bonds is 6. The van der Waals surface area contributed by atoms with Crippen molar-refractivity contribution in [3.8, 4) is 0 Å². The Hall–Kier alpha value is -1.72. The number of thiazole rings is 1. The van der Waals surface area contributed by atoms with Crippen LogP contribution in [-0.2, 0) is 17.8 Å². The quantitative estimate of drug-likeness (QED) is 0.483. The zero-order valence-corrected chi connectivity index (χ0v) is 11.7. The summed E-state index contributed by atoms with van der Waals surface area (Å²) in [6.07, 6.45) is 0.874. The van der Waals surface area contributed by atoms with E-state index in [0.29, 0.717) is 13.2 Å². The van der Waals surface area contributed by atoms with Crippen LogP contribution in [0.4, 0.5) is 0 Å². The molecule has 0 fully saturated rings. The van der Waals surface area contributed by atoms with Crippen LogP contribution in [0.2, 0.25) is 0 Å². The van der Waals surface area contributed by atoms with Crippen LogP contribution in [0.15, 0.2) is 29.8 Å². The van der Waals surface area contributed by atoms with Gasteiger partial charge in [-0.15, -0.1) is 11.3 Å². The largest absolute Gasteiger partial charge is 0.384 e. The molecule has 5 heteroatoms. The lowest BCUT2D eigenvalue weighted by Gasteiger charge is -2.08. The van der Waals surface area contributed by atoms with Crippen molar-refractivity contribution in [2.24, 2.45) is 5.73 Å². The molecule has 0 radical (unpaired) electrons. The van der Waals surface area contributed by atoms with Gasteiger partial charge in [-0.25, -0.2) is 4.98 Å². The van der Waals surface area contributed by atoms with E-state index in [1.807, 2.05) is 36.7 Å². The average Bonchev–Trinajstić information content (AvgIpc) is 2.80. The van der Waals surface area contributed by atoms with Gasteiger partial charge in [0.15, 0.2) is 0 Å². The third-order valence-corrected chi connectivity index (χ3v) is 3.88. The molecule has 2 rings (SSSR count). The van der Waals surface area contributed by atoms with Gasteiger partial charge in [-0.2, -0.15) is 0 Å². The first-order chi connectivity index (χ1) is 9.18. The van der Waals surface area contributed by atoms with Crippen LogP contribution in [0.1, 0.15) is 21.7 Å². The molecule has 1 aromatic heterocycles. The highest BCUT2D eigenvalue weighted by Crippen LogP contribution is 2.14. The smallest absolute Gasteiger partial charge is 0.123 e. The predicted octanol–water partition coefficient (Wildman–Crippen LogP) is 2.49. The first-order valence-corrected chi connectivity index (χ1v) is 6.95. The molecule has 3 N–H and O–H groups in total. The third-order valence-electron chi connectivity index (χ3n) is 2.88. The van der Waals surface area contributed by atoms with Gasteiger partial charge in [0.1, 0.15) is 5.84 Å². The van der Waals surface area contributed by atoms with Gasteiger partial charge in [-0.05, 0) is 12.5 Å². The molecular weight excluding hydrogens is 258 g/mol. The van der Waals surface area contributed by atoms with E-state index in [4.69, 9.17) is 15.9 Å². The van der Waals surface area contributed by atoms with E-state index in [1.54, 1.807) is 11.3 Å². The van der Waals surface area contributed by atoms with Crippen LogP contribution in [0.3, 0.4) is 0 Å². The van der Waals surface area contributed by atoms with Crippen molar-refractivity contribution in [2.75, 3.05) is 6.61 Å². The molecule has 1 heterocycles. The molecule has 0 bridgehead atoms. The Bertz CT molecular complexity index is 565. The Balaban J connectivity index is 1.86. The minimum Gasteiger partial charge on any atom is -0.384 e. The highest BCUT2D eigenvalue weighted by molar-refractivity contribution is 7.09. The van der Waals surface area contributed by atoms with Crippen LogP contribution in [0.25, 0.3) is 0 Å². The Morgan fingerprint density at radius 2 is 2.21 bits per heavy atom. The number of nitrogen functional groups attached to an aromatic ring is 1. The van der Waals surface area contributed by atoms with Crippen LogP contribution >= 0.6 is 11.3 Å². The summed E-state index contributed by atoms with van der Waals surface area (Å²) in [5.41, 5.74) is 10.2. The summed E-state index contributed by atoms with van der Waals surface area (Å²) in [6.45, 7) is 3.14. The molecule has 2 aromatic rings. The number of aryl methyl sites for hydroxylation is 1. The molecule has 0 aliphatic heterocycles. The maximum atomic E-state index is 7.51. The summed E-state index contributed by atoms with van der Waals surface area (Å²) >= 11 is 1.66. The Morgan fingerprint density at radius 1 is 1.42 bits per heavy atom. The third kappa shape index (κ3) is 3.62. The fraction of sp³-hybridized carbons (Fsp3) is 0.286. The average molecular weight is 275 g/mol. The van der Waals surface area contributed by atoms with Gasteiger partial charge >= 0.3 is 0 Å². The van der Waals surface area contributed by atoms with Crippen LogP contribution in [0, 0.1) is 12.3 Å². The van der Waals surface area contributed by atoms with E-state index < -0.39 is 0 Å². The number of nitrogens with zero attached hydrogens (tertiary/aromatic N) is 1. The molecule has 0 aliphatic rings. The standard InChI is InChI=1S/C14H17N3OS/c1-10-13(19-9-17-10)6-7-18-8-11-4-2-3-5-12(11)14(15)16/h2-5,9H,6-8H2,1H3,(H3,15,16). The number of amidine groups is 1. The molecule has 0 unspecified atom stereocenters. The summed E-state index contributed by atoms with van der Waals surface area (Å²) in [4.78, 5) is 5.47. The van der Waals surface area contributed by atoms with Crippen molar-refractivity contribution >= 4 is 17.2 Å². The minimum absolute atomic E-state index is 0.0810. The summed E-state index contributed by atoms with van der Waals surface area (Å²) in [6, 6.07) is 7.59. The van der Waals surface area contributed by atoms with E-state index in [1.165, 1.54) is 4.88 Å². The number of hydrogen-bond donors (Lipinski definition) is 2. The zero-order valence-electron chi connectivity index (χ0n) is 10.8. The molecule has 0 saturated carbocycles. The Labute approximate surface area is 116 Å². The Kier molecular flexibility index (Phi) is 4.65. The molecule has 19 heavy (non-hydrogen) atoms. The molecule has 0 atom stereocenters. The van der Waals surface area contributed by atoms with Gasteiger partial charge in [0.2, 0.25) is 0 Å². The van der Waals surface area contributed by atoms with Crippen molar-refractivity contribution in [1.82, 2.24) is 4.98 Å². The molecule has 0 aliphatic carbocycles. The first-order valence-electron chi connectivity index (χ1n) is 6.07. The van der Waals surface area contributed by atoms with Crippen LogP contribution in [0.5, 0.6) is 0 Å². The van der Waals surface area contributed by atoms with E-state index in [9.17, 15) is 0 Å². The molecule has 4 nitrogen and oxygen atoms in total. The number of hydrogen-bond acceptors (Lipinski definition) is 4. The molecule has 0 amide bonds. The van der Waals surface area contributed by atoms with Crippen molar-refractivity contribution in [1.29, 1.82) is 5.41 Å². The topological polar surface area (TPSA) is 72.0 Å². The van der Waals surface area contributed by atoms with Gasteiger partial charge in [-0.3, -0.25) is 5.41 Å². The van der Waals surface area contributed by atoms with Gasteiger partial charge in [-0.1, -0.05) is 24.3 Å². The lowest BCUT2D eigenvalue weighted by atomic mass is 10.1. The SMILES string of the molecule is Cc1ncsc1CCOCc1ccccc1C(=N)N. The second-order valence-corrected chi connectivity index (χ2v) is 5.17. The lowest BCUT2D eigenvalue weighted by molar-refractivity contribution is 0.124. The normalized spacial score (nSPS) is 10.6. The fourth-order valence-electron chi connectivity index (χ4n) is 1.82. The molecule has 0 spiro atoms. The zero-order chi connectivity index (χ0) is 13.7. The molecule has 1 aromatic carbocycles. The lowest BCUT2D eigenvalue weighted by Crippen LogP contribution is -2.14. The van der Waals surface area contributed by atoms with E-state index in [0.717, 1.165) is 23.2 Å². The van der Waals surface area contributed by atoms with Crippen LogP contribution < -0.4 is 5.73 Å². The van der Waals surface area contributed by atoms with Crippen LogP contribution in [-0.4, -0.2) is 17.4 Å². The van der Waals surface area contributed by atoms with E-state index >= 15 is 0 Å². The number of benzene rings is 1. The van der Waals surface area contributed by atoms with Gasteiger partial charge in [0.25, 0.3) is 0 Å². The van der Waals surface area contributed by atoms with Gasteiger partial charge in [0.05, 0.1) is 24.4 Å². The van der Waals surface area contributed by atoms with Crippen molar-refractivity contribution in [3.05, 3.63) is 51.5 Å². The van der Waals surface area contributed by atoms with Crippen molar-refractivity contribution in [2.45, 2.75) is 20.0 Å². The second kappa shape index (κ2) is 6.45. The second-order valence-electron chi connectivity index (χ2n) is 4.23. The van der Waals surface area contributed by atoms with Gasteiger partial charge < -0.3 is 10.5 Å². The van der Waals surface area contributed by atoms with E-state index in [2.05, 4.69) is 4.98 Å². The molecule has 100 valence electrons. The monoisotopic (exact) mass is 275 g/mol. The number of aromatic nitrogens is 1. The first kappa shape index (κ1) is 13.7. The summed E-state index contributed by atoms with van der Waals surface area (Å²) < 4.78 is 5.67. The summed E-state index contributed by atoms with van der Waals surface area (Å²) in [7, 11) is 0. The van der Waals surface area contributed by atoms with E-state index in [-0.39, 0.29) is 5.84 Å². The number of nitrogens with two attached hydrogens (primary N) is 1. The summed E-state index contributed by atoms with van der Waals surface area (Å²) in [5, 5.41) is 7.51. The fourth-order valence-corrected chi connectivity index (χ4v) is 2.58. The molecule has 0 saturated heterocycles. The van der Waals surface area contributed by atoms with Crippen molar-refractivity contribution in [3.63, 3.8) is 0 Å².